The highest BCUT2D eigenvalue weighted by molar-refractivity contribution is 5.82. The Hall–Kier alpha value is -0.570. The molecule has 0 unspecified atom stereocenters. The van der Waals surface area contributed by atoms with E-state index in [9.17, 15) is 0 Å². The van der Waals surface area contributed by atoms with Crippen LogP contribution in [0.3, 0.4) is 0 Å². The molecule has 0 amide bonds. The zero-order chi connectivity index (χ0) is 11.7. The van der Waals surface area contributed by atoms with Gasteiger partial charge in [-0.15, -0.1) is 0 Å². The minimum atomic E-state index is -0.219. The monoisotopic (exact) mass is 214 g/mol. The molecule has 3 heteroatoms. The van der Waals surface area contributed by atoms with Crippen molar-refractivity contribution in [2.75, 3.05) is 13.2 Å². The van der Waals surface area contributed by atoms with Gasteiger partial charge in [0.05, 0.1) is 5.84 Å². The van der Waals surface area contributed by atoms with Crippen molar-refractivity contribution >= 4 is 5.84 Å². The van der Waals surface area contributed by atoms with Crippen LogP contribution in [0.5, 0.6) is 0 Å². The maximum atomic E-state index is 7.39. The molecule has 0 rings (SSSR count). The summed E-state index contributed by atoms with van der Waals surface area (Å²) in [6.45, 7) is 7.72. The molecule has 15 heavy (non-hydrogen) atoms. The number of unbranched alkanes of at least 4 members (excludes halogenated alkanes) is 3. The van der Waals surface area contributed by atoms with Gasteiger partial charge in [-0.05, 0) is 12.8 Å². The number of hydrogen-bond acceptors (Lipinski definition) is 2. The zero-order valence-electron chi connectivity index (χ0n) is 10.4. The third-order valence-electron chi connectivity index (χ3n) is 2.74. The van der Waals surface area contributed by atoms with Gasteiger partial charge in [-0.25, -0.2) is 0 Å². The molecule has 0 spiro atoms. The Morgan fingerprint density at radius 2 is 1.87 bits per heavy atom. The summed E-state index contributed by atoms with van der Waals surface area (Å²) in [5.41, 5.74) is 5.26. The van der Waals surface area contributed by atoms with Crippen molar-refractivity contribution in [3.8, 4) is 0 Å². The fraction of sp³-hybridized carbons (Fsp3) is 0.917. The fourth-order valence-corrected chi connectivity index (χ4v) is 1.19. The summed E-state index contributed by atoms with van der Waals surface area (Å²) in [6.07, 6.45) is 5.79. The highest BCUT2D eigenvalue weighted by Crippen LogP contribution is 2.19. The molecule has 0 heterocycles. The van der Waals surface area contributed by atoms with Crippen LogP contribution < -0.4 is 5.73 Å². The van der Waals surface area contributed by atoms with E-state index in [2.05, 4.69) is 6.92 Å². The van der Waals surface area contributed by atoms with Crippen LogP contribution in [-0.4, -0.2) is 19.0 Å². The van der Waals surface area contributed by atoms with E-state index in [1.54, 1.807) is 0 Å². The van der Waals surface area contributed by atoms with E-state index in [0.29, 0.717) is 6.61 Å². The second kappa shape index (κ2) is 7.69. The van der Waals surface area contributed by atoms with Gasteiger partial charge in [0.2, 0.25) is 0 Å². The van der Waals surface area contributed by atoms with Crippen molar-refractivity contribution in [3.63, 3.8) is 0 Å². The lowest BCUT2D eigenvalue weighted by Crippen LogP contribution is -2.31. The van der Waals surface area contributed by atoms with E-state index in [0.717, 1.165) is 19.4 Å². The Morgan fingerprint density at radius 1 is 1.20 bits per heavy atom. The van der Waals surface area contributed by atoms with E-state index < -0.39 is 0 Å². The van der Waals surface area contributed by atoms with Crippen LogP contribution in [-0.2, 0) is 4.74 Å². The van der Waals surface area contributed by atoms with Gasteiger partial charge < -0.3 is 10.5 Å². The summed E-state index contributed by atoms with van der Waals surface area (Å²) in [4.78, 5) is 0. The zero-order valence-corrected chi connectivity index (χ0v) is 10.4. The summed E-state index contributed by atoms with van der Waals surface area (Å²) >= 11 is 0. The van der Waals surface area contributed by atoms with Gasteiger partial charge in [-0.2, -0.15) is 0 Å². The van der Waals surface area contributed by atoms with E-state index in [-0.39, 0.29) is 11.3 Å². The average molecular weight is 214 g/mol. The third-order valence-corrected chi connectivity index (χ3v) is 2.74. The number of ether oxygens (including phenoxy) is 1. The van der Waals surface area contributed by atoms with Crippen LogP contribution >= 0.6 is 0 Å². The van der Waals surface area contributed by atoms with Crippen molar-refractivity contribution in [1.82, 2.24) is 0 Å². The highest BCUT2D eigenvalue weighted by Gasteiger charge is 2.20. The minimum absolute atomic E-state index is 0.219. The largest absolute Gasteiger partial charge is 0.387 e. The molecular formula is C12H26N2O. The first-order chi connectivity index (χ1) is 7.00. The second-order valence-electron chi connectivity index (χ2n) is 4.72. The lowest BCUT2D eigenvalue weighted by atomic mass is 9.89. The van der Waals surface area contributed by atoms with Gasteiger partial charge in [0.15, 0.2) is 0 Å². The molecule has 0 aromatic rings. The number of amidine groups is 1. The van der Waals surface area contributed by atoms with Crippen LogP contribution in [0, 0.1) is 10.8 Å². The Morgan fingerprint density at radius 3 is 2.40 bits per heavy atom. The third kappa shape index (κ3) is 7.37. The Balaban J connectivity index is 3.35. The molecule has 0 fully saturated rings. The quantitative estimate of drug-likeness (QED) is 0.352. The molecule has 90 valence electrons. The average Bonchev–Trinajstić information content (AvgIpc) is 2.16. The molecule has 0 bridgehead atoms. The summed E-state index contributed by atoms with van der Waals surface area (Å²) in [5.74, 6) is 0.247. The van der Waals surface area contributed by atoms with Crippen molar-refractivity contribution in [1.29, 1.82) is 5.41 Å². The van der Waals surface area contributed by atoms with Crippen LogP contribution in [0.4, 0.5) is 0 Å². The molecule has 0 aromatic carbocycles. The van der Waals surface area contributed by atoms with Crippen molar-refractivity contribution in [2.24, 2.45) is 11.1 Å². The summed E-state index contributed by atoms with van der Waals surface area (Å²) < 4.78 is 5.51. The van der Waals surface area contributed by atoms with Crippen molar-refractivity contribution in [2.45, 2.75) is 52.9 Å². The molecule has 3 nitrogen and oxygen atoms in total. The molecule has 0 aliphatic heterocycles. The Labute approximate surface area is 93.9 Å². The van der Waals surface area contributed by atoms with E-state index >= 15 is 0 Å². The highest BCUT2D eigenvalue weighted by atomic mass is 16.5. The Bertz CT molecular complexity index is 178. The van der Waals surface area contributed by atoms with Crippen LogP contribution in [0.15, 0.2) is 0 Å². The van der Waals surface area contributed by atoms with E-state index in [4.69, 9.17) is 15.9 Å². The maximum absolute atomic E-state index is 7.39. The summed E-state index contributed by atoms with van der Waals surface area (Å²) in [5, 5.41) is 7.39. The lowest BCUT2D eigenvalue weighted by molar-refractivity contribution is 0.113. The smallest absolute Gasteiger partial charge is 0.0963 e. The first-order valence-corrected chi connectivity index (χ1v) is 5.93. The maximum Gasteiger partial charge on any atom is 0.0963 e. The van der Waals surface area contributed by atoms with Gasteiger partial charge in [-0.1, -0.05) is 40.0 Å². The van der Waals surface area contributed by atoms with Gasteiger partial charge in [0.1, 0.15) is 0 Å². The molecule has 0 saturated carbocycles. The molecule has 0 atom stereocenters. The molecule has 0 aliphatic carbocycles. The first kappa shape index (κ1) is 14.4. The van der Waals surface area contributed by atoms with Crippen molar-refractivity contribution < 1.29 is 4.74 Å². The number of nitrogens with one attached hydrogen (secondary N) is 1. The number of rotatable bonds is 9. The van der Waals surface area contributed by atoms with Crippen molar-refractivity contribution in [3.05, 3.63) is 0 Å². The molecular weight excluding hydrogens is 188 g/mol. The standard InChI is InChI=1S/C12H26N2O/c1-4-5-6-7-9-15-10-8-12(2,3)11(13)14/h4-10H2,1-3H3,(H3,13,14). The molecule has 0 aromatic heterocycles. The molecule has 3 N–H and O–H groups in total. The Kier molecular flexibility index (Phi) is 7.39. The molecule has 0 saturated heterocycles. The number of nitrogens with two attached hydrogens (primary N) is 1. The lowest BCUT2D eigenvalue weighted by Gasteiger charge is -2.22. The summed E-state index contributed by atoms with van der Waals surface area (Å²) in [6, 6.07) is 0. The topological polar surface area (TPSA) is 59.1 Å². The van der Waals surface area contributed by atoms with E-state index in [1.165, 1.54) is 19.3 Å². The molecule has 0 radical (unpaired) electrons. The van der Waals surface area contributed by atoms with Gasteiger partial charge in [0.25, 0.3) is 0 Å². The number of hydrogen-bond donors (Lipinski definition) is 2. The molecule has 0 aliphatic rings. The van der Waals surface area contributed by atoms with Crippen LogP contribution in [0.1, 0.15) is 52.9 Å². The van der Waals surface area contributed by atoms with Crippen LogP contribution in [0.25, 0.3) is 0 Å². The summed E-state index contributed by atoms with van der Waals surface area (Å²) in [7, 11) is 0. The van der Waals surface area contributed by atoms with Gasteiger partial charge >= 0.3 is 0 Å². The van der Waals surface area contributed by atoms with Gasteiger partial charge in [-0.3, -0.25) is 5.41 Å². The van der Waals surface area contributed by atoms with Gasteiger partial charge in [0, 0.05) is 18.6 Å². The second-order valence-corrected chi connectivity index (χ2v) is 4.72. The predicted molar refractivity (Wildman–Crippen MR) is 65.3 cm³/mol. The normalized spacial score (nSPS) is 11.7. The van der Waals surface area contributed by atoms with E-state index in [1.807, 2.05) is 13.8 Å². The fourth-order valence-electron chi connectivity index (χ4n) is 1.19. The minimum Gasteiger partial charge on any atom is -0.387 e. The predicted octanol–water partition coefficient (Wildman–Crippen LogP) is 2.94. The van der Waals surface area contributed by atoms with Crippen LogP contribution in [0.2, 0.25) is 0 Å². The SMILES string of the molecule is CCCCCCOCCC(C)(C)C(=N)N. The first-order valence-electron chi connectivity index (χ1n) is 5.93.